The molecule has 36 heavy (non-hydrogen) atoms. The van der Waals surface area contributed by atoms with Gasteiger partial charge in [-0.1, -0.05) is 41.7 Å². The molecule has 0 bridgehead atoms. The van der Waals surface area contributed by atoms with Gasteiger partial charge < -0.3 is 24.4 Å². The number of hydrogen-bond acceptors (Lipinski definition) is 8. The molecule has 5 heterocycles. The fourth-order valence-electron chi connectivity index (χ4n) is 5.96. The second-order valence-corrected chi connectivity index (χ2v) is 9.52. The molecule has 11 nitrogen and oxygen atoms in total. The van der Waals surface area contributed by atoms with Gasteiger partial charge in [0.15, 0.2) is 0 Å². The van der Waals surface area contributed by atoms with Crippen LogP contribution in [0.1, 0.15) is 12.8 Å². The van der Waals surface area contributed by atoms with E-state index in [2.05, 4.69) is 10.3 Å². The van der Waals surface area contributed by atoms with Gasteiger partial charge in [0.2, 0.25) is 5.91 Å². The van der Waals surface area contributed by atoms with E-state index < -0.39 is 41.5 Å². The zero-order valence-electron chi connectivity index (χ0n) is 19.6. The molecule has 1 aromatic heterocycles. The van der Waals surface area contributed by atoms with E-state index in [1.165, 1.54) is 4.90 Å². The van der Waals surface area contributed by atoms with Crippen LogP contribution >= 0.6 is 0 Å². The average molecular weight is 494 g/mol. The minimum atomic E-state index is -1.35. The van der Waals surface area contributed by atoms with Gasteiger partial charge in [0.25, 0.3) is 5.91 Å². The molecular weight excluding hydrogens is 466 g/mol. The maximum absolute atomic E-state index is 14.1. The molecule has 188 valence electrons. The van der Waals surface area contributed by atoms with E-state index in [-0.39, 0.29) is 38.9 Å². The summed E-state index contributed by atoms with van der Waals surface area (Å²) in [6.45, 7) is 0.273. The predicted octanol–water partition coefficient (Wildman–Crippen LogP) is 0.254. The van der Waals surface area contributed by atoms with Crippen molar-refractivity contribution in [1.29, 1.82) is 0 Å². The van der Waals surface area contributed by atoms with Crippen LogP contribution in [0.15, 0.2) is 48.6 Å². The van der Waals surface area contributed by atoms with Gasteiger partial charge in [-0.25, -0.2) is 4.68 Å². The molecule has 2 fully saturated rings. The quantitative estimate of drug-likeness (QED) is 0.475. The number of aromatic nitrogens is 3. The van der Waals surface area contributed by atoms with Crippen molar-refractivity contribution >= 4 is 28.8 Å². The number of β-amino-alcohol motifs (C(OH)–C–C–N with tert-alkyl or cyclic N) is 1. The Morgan fingerprint density at radius 1 is 1.14 bits per heavy atom. The third-order valence-corrected chi connectivity index (χ3v) is 7.50. The van der Waals surface area contributed by atoms with Crippen molar-refractivity contribution < 1.29 is 29.0 Å². The van der Waals surface area contributed by atoms with E-state index in [0.717, 1.165) is 11.9 Å². The van der Waals surface area contributed by atoms with E-state index in [1.54, 1.807) is 21.7 Å². The summed E-state index contributed by atoms with van der Waals surface area (Å²) in [6, 6.07) is 6.42. The number of para-hydroxylation sites is 1. The van der Waals surface area contributed by atoms with Crippen LogP contribution in [0.25, 0.3) is 11.0 Å². The highest BCUT2D eigenvalue weighted by Gasteiger charge is 2.71. The molecule has 1 N–H and O–H groups in total. The first-order valence-corrected chi connectivity index (χ1v) is 12.2. The third-order valence-electron chi connectivity index (χ3n) is 7.50. The number of carbonyl (C=O) groups excluding carboxylic acids is 3. The summed E-state index contributed by atoms with van der Waals surface area (Å²) < 4.78 is 13.6. The van der Waals surface area contributed by atoms with Crippen LogP contribution < -0.4 is 0 Å². The number of aliphatic hydroxyl groups excluding tert-OH is 1. The number of amides is 2. The van der Waals surface area contributed by atoms with E-state index >= 15 is 0 Å². The van der Waals surface area contributed by atoms with Crippen LogP contribution in [-0.4, -0.2) is 91.7 Å². The molecule has 6 rings (SSSR count). The SMILES string of the molecule is O=C1OCCC/C=C\[C@H]2OC34C=CCN(Cn5nnc6ccccc65)C(=O)[C@H]3N(CCO)C(=O)[C@@H]4C12. The minimum Gasteiger partial charge on any atom is -0.465 e. The van der Waals surface area contributed by atoms with Gasteiger partial charge in [-0.15, -0.1) is 5.10 Å². The monoisotopic (exact) mass is 493 g/mol. The standard InChI is InChI=1S/C25H27N5O6/c31-13-12-29-21-23(33)28(15-30-17-8-4-3-7-16(17)26-27-30)11-6-10-25(21)20(22(29)32)19-18(36-25)9-2-1-5-14-35-24(19)34/h2-4,6-10,18-21,31H,1,5,11-15H2/b9-2-/t18-,19?,20+,21-,25?/m1/s1. The Labute approximate surface area is 206 Å². The Hall–Kier alpha value is -3.57. The summed E-state index contributed by atoms with van der Waals surface area (Å²) in [7, 11) is 0. The first kappa shape index (κ1) is 22.9. The van der Waals surface area contributed by atoms with E-state index in [1.807, 2.05) is 36.4 Å². The molecule has 2 aromatic rings. The Morgan fingerprint density at radius 2 is 2.00 bits per heavy atom. The number of ether oxygens (including phenoxy) is 2. The van der Waals surface area contributed by atoms with E-state index in [0.29, 0.717) is 11.9 Å². The number of cyclic esters (lactones) is 1. The molecule has 5 atom stereocenters. The summed E-state index contributed by atoms with van der Waals surface area (Å²) in [4.78, 5) is 43.9. The Bertz CT molecular complexity index is 1270. The van der Waals surface area contributed by atoms with Crippen LogP contribution in [0, 0.1) is 11.8 Å². The van der Waals surface area contributed by atoms with Gasteiger partial charge in [-0.3, -0.25) is 14.4 Å². The number of allylic oxidation sites excluding steroid dienone is 1. The average Bonchev–Trinajstić information content (AvgIpc) is 3.47. The maximum atomic E-state index is 14.1. The minimum absolute atomic E-state index is 0.0486. The summed E-state index contributed by atoms with van der Waals surface area (Å²) in [5.41, 5.74) is 0.141. The molecular formula is C25H27N5O6. The van der Waals surface area contributed by atoms with Crippen LogP contribution in [0.3, 0.4) is 0 Å². The van der Waals surface area contributed by atoms with Gasteiger partial charge in [-0.05, 0) is 25.0 Å². The van der Waals surface area contributed by atoms with Gasteiger partial charge in [0, 0.05) is 13.1 Å². The lowest BCUT2D eigenvalue weighted by molar-refractivity contribution is -0.155. The number of benzene rings is 1. The van der Waals surface area contributed by atoms with Crippen molar-refractivity contribution in [3.05, 3.63) is 48.6 Å². The summed E-state index contributed by atoms with van der Waals surface area (Å²) in [5.74, 6) is -3.03. The molecule has 4 aliphatic heterocycles. The fourth-order valence-corrected chi connectivity index (χ4v) is 5.96. The second-order valence-electron chi connectivity index (χ2n) is 9.52. The number of nitrogens with zero attached hydrogens (tertiary/aromatic N) is 5. The van der Waals surface area contributed by atoms with Crippen LogP contribution in [0.4, 0.5) is 0 Å². The lowest BCUT2D eigenvalue weighted by atomic mass is 9.78. The van der Waals surface area contributed by atoms with Crippen molar-refractivity contribution in [2.24, 2.45) is 11.8 Å². The molecule has 2 unspecified atom stereocenters. The zero-order chi connectivity index (χ0) is 24.9. The third kappa shape index (κ3) is 3.37. The van der Waals surface area contributed by atoms with Crippen molar-refractivity contribution in [2.75, 3.05) is 26.3 Å². The van der Waals surface area contributed by atoms with Crippen molar-refractivity contribution in [3.8, 4) is 0 Å². The lowest BCUT2D eigenvalue weighted by Crippen LogP contribution is -2.55. The van der Waals surface area contributed by atoms with Crippen molar-refractivity contribution in [1.82, 2.24) is 24.8 Å². The summed E-state index contributed by atoms with van der Waals surface area (Å²) in [6.07, 6.45) is 8.04. The van der Waals surface area contributed by atoms with Crippen molar-refractivity contribution in [3.63, 3.8) is 0 Å². The molecule has 11 heteroatoms. The van der Waals surface area contributed by atoms with Gasteiger partial charge in [0.1, 0.15) is 29.7 Å². The second kappa shape index (κ2) is 8.82. The summed E-state index contributed by atoms with van der Waals surface area (Å²) >= 11 is 0. The van der Waals surface area contributed by atoms with E-state index in [4.69, 9.17) is 9.47 Å². The Kier molecular flexibility index (Phi) is 5.60. The number of likely N-dealkylation sites (tertiary alicyclic amines) is 1. The first-order valence-electron chi connectivity index (χ1n) is 12.2. The Morgan fingerprint density at radius 3 is 2.86 bits per heavy atom. The predicted molar refractivity (Wildman–Crippen MR) is 125 cm³/mol. The molecule has 0 radical (unpaired) electrons. The van der Waals surface area contributed by atoms with Gasteiger partial charge in [-0.2, -0.15) is 0 Å². The molecule has 2 amide bonds. The van der Waals surface area contributed by atoms with E-state index in [9.17, 15) is 19.5 Å². The number of aliphatic hydroxyl groups is 1. The van der Waals surface area contributed by atoms with Crippen LogP contribution in [-0.2, 0) is 30.5 Å². The molecule has 4 aliphatic rings. The zero-order valence-corrected chi connectivity index (χ0v) is 19.6. The van der Waals surface area contributed by atoms with Crippen LogP contribution in [0.2, 0.25) is 0 Å². The van der Waals surface area contributed by atoms with Gasteiger partial charge >= 0.3 is 5.97 Å². The first-order chi connectivity index (χ1) is 17.5. The smallest absolute Gasteiger partial charge is 0.312 e. The molecule has 1 aromatic carbocycles. The highest BCUT2D eigenvalue weighted by atomic mass is 16.6. The maximum Gasteiger partial charge on any atom is 0.312 e. The largest absolute Gasteiger partial charge is 0.465 e. The number of carbonyl (C=O) groups is 3. The number of esters is 1. The molecule has 0 aliphatic carbocycles. The highest BCUT2D eigenvalue weighted by molar-refractivity contribution is 5.99. The molecule has 0 saturated carbocycles. The Balaban J connectivity index is 1.39. The lowest BCUT2D eigenvalue weighted by Gasteiger charge is -2.35. The van der Waals surface area contributed by atoms with Crippen molar-refractivity contribution in [2.45, 2.75) is 37.3 Å². The van der Waals surface area contributed by atoms with Crippen LogP contribution in [0.5, 0.6) is 0 Å². The number of fused-ring (bicyclic) bond motifs is 3. The highest BCUT2D eigenvalue weighted by Crippen LogP contribution is 2.53. The fraction of sp³-hybridized carbons (Fsp3) is 0.480. The number of rotatable bonds is 4. The van der Waals surface area contributed by atoms with Gasteiger partial charge in [0.05, 0.1) is 30.8 Å². The number of hydrogen-bond donors (Lipinski definition) is 1. The molecule has 1 spiro atoms. The topological polar surface area (TPSA) is 127 Å². The molecule has 2 saturated heterocycles. The summed E-state index contributed by atoms with van der Waals surface area (Å²) in [5, 5.41) is 18.1. The normalized spacial score (nSPS) is 32.9.